The molecule has 0 amide bonds. The number of anilines is 1. The van der Waals surface area contributed by atoms with Crippen LogP contribution in [-0.2, 0) is 16.6 Å². The molecule has 4 aromatic rings. The predicted molar refractivity (Wildman–Crippen MR) is 117 cm³/mol. The van der Waals surface area contributed by atoms with Gasteiger partial charge in [-0.05, 0) is 48.5 Å². The average molecular weight is 434 g/mol. The van der Waals surface area contributed by atoms with E-state index in [4.69, 9.17) is 9.84 Å². The Balaban J connectivity index is 1.46. The van der Waals surface area contributed by atoms with Gasteiger partial charge in [0, 0.05) is 11.5 Å². The summed E-state index contributed by atoms with van der Waals surface area (Å²) in [5.41, 5.74) is 1.96. The molecule has 4 rings (SSSR count). The highest BCUT2D eigenvalue weighted by Gasteiger charge is 2.15. The van der Waals surface area contributed by atoms with E-state index in [0.717, 1.165) is 16.6 Å². The van der Waals surface area contributed by atoms with Crippen molar-refractivity contribution >= 4 is 32.6 Å². The molecule has 0 unspecified atom stereocenters. The van der Waals surface area contributed by atoms with Crippen LogP contribution < -0.4 is 9.46 Å². The molecular weight excluding hydrogens is 416 g/mol. The number of rotatable bonds is 7. The van der Waals surface area contributed by atoms with Gasteiger partial charge in [-0.15, -0.1) is 0 Å². The quantitative estimate of drug-likeness (QED) is 0.449. The topological polar surface area (TPSA) is 106 Å². The molecule has 0 aliphatic heterocycles. The van der Waals surface area contributed by atoms with E-state index in [-0.39, 0.29) is 17.1 Å². The summed E-state index contributed by atoms with van der Waals surface area (Å²) in [7, 11) is -3.87. The van der Waals surface area contributed by atoms with Gasteiger partial charge in [-0.2, -0.15) is 0 Å². The van der Waals surface area contributed by atoms with Gasteiger partial charge in [0.2, 0.25) is 0 Å². The van der Waals surface area contributed by atoms with Gasteiger partial charge >= 0.3 is 5.97 Å². The van der Waals surface area contributed by atoms with Gasteiger partial charge in [0.05, 0.1) is 27.4 Å². The Kier molecular flexibility index (Phi) is 5.55. The smallest absolute Gasteiger partial charge is 0.335 e. The number of sulfonamides is 1. The fourth-order valence-corrected chi connectivity index (χ4v) is 4.04. The third-order valence-corrected chi connectivity index (χ3v) is 5.94. The minimum atomic E-state index is -3.87. The minimum absolute atomic E-state index is 0.0108. The number of nitrogens with zero attached hydrogens (tertiary/aromatic N) is 1. The zero-order valence-corrected chi connectivity index (χ0v) is 17.0. The second-order valence-corrected chi connectivity index (χ2v) is 8.43. The number of hydrogen-bond donors (Lipinski definition) is 2. The number of aromatic nitrogens is 1. The lowest BCUT2D eigenvalue weighted by molar-refractivity contribution is 0.0696. The van der Waals surface area contributed by atoms with Gasteiger partial charge in [-0.25, -0.2) is 18.2 Å². The van der Waals surface area contributed by atoms with E-state index < -0.39 is 16.0 Å². The fourth-order valence-electron chi connectivity index (χ4n) is 2.99. The maximum atomic E-state index is 12.6. The summed E-state index contributed by atoms with van der Waals surface area (Å²) in [6, 6.07) is 23.2. The number of ether oxygens (including phenoxy) is 1. The average Bonchev–Trinajstić information content (AvgIpc) is 2.77. The van der Waals surface area contributed by atoms with Crippen LogP contribution in [0.4, 0.5) is 5.69 Å². The molecule has 2 N–H and O–H groups in total. The molecule has 0 saturated heterocycles. The zero-order valence-electron chi connectivity index (χ0n) is 16.2. The SMILES string of the molecule is O=C(O)c1ccc(S(=O)(=O)Nc2cccc(OCc3ccc4ccccc4n3)c2)cc1. The van der Waals surface area contributed by atoms with Crippen molar-refractivity contribution in [2.45, 2.75) is 11.5 Å². The zero-order chi connectivity index (χ0) is 21.8. The highest BCUT2D eigenvalue weighted by molar-refractivity contribution is 7.92. The monoisotopic (exact) mass is 434 g/mol. The molecule has 0 radical (unpaired) electrons. The van der Waals surface area contributed by atoms with Crippen LogP contribution in [0.15, 0.2) is 89.8 Å². The first-order chi connectivity index (χ1) is 14.9. The molecule has 1 heterocycles. The highest BCUT2D eigenvalue weighted by Crippen LogP contribution is 2.22. The number of carbonyl (C=O) groups is 1. The van der Waals surface area contributed by atoms with Crippen LogP contribution in [0, 0.1) is 0 Å². The standard InChI is InChI=1S/C23H18N2O5S/c26-23(27)17-9-12-21(13-10-17)31(28,29)25-18-5-3-6-20(14-18)30-15-19-11-8-16-4-1-2-7-22(16)24-19/h1-14,25H,15H2,(H,26,27). The van der Waals surface area contributed by atoms with Gasteiger partial charge in [0.15, 0.2) is 0 Å². The summed E-state index contributed by atoms with van der Waals surface area (Å²) in [6.45, 7) is 0.234. The third-order valence-electron chi connectivity index (χ3n) is 4.54. The van der Waals surface area contributed by atoms with E-state index in [1.807, 2.05) is 36.4 Å². The second-order valence-electron chi connectivity index (χ2n) is 6.75. The van der Waals surface area contributed by atoms with Crippen molar-refractivity contribution < 1.29 is 23.1 Å². The summed E-state index contributed by atoms with van der Waals surface area (Å²) in [4.78, 5) is 15.5. The van der Waals surface area contributed by atoms with E-state index in [1.165, 1.54) is 24.3 Å². The van der Waals surface area contributed by atoms with E-state index in [0.29, 0.717) is 11.4 Å². The van der Waals surface area contributed by atoms with Crippen LogP contribution >= 0.6 is 0 Å². The molecule has 156 valence electrons. The Morgan fingerprint density at radius 3 is 2.48 bits per heavy atom. The van der Waals surface area contributed by atoms with Crippen molar-refractivity contribution in [1.82, 2.24) is 4.98 Å². The molecule has 0 spiro atoms. The molecule has 0 aliphatic carbocycles. The molecule has 0 aliphatic rings. The number of carboxylic acids is 1. The molecule has 3 aromatic carbocycles. The third kappa shape index (κ3) is 4.81. The molecule has 31 heavy (non-hydrogen) atoms. The molecule has 8 heteroatoms. The lowest BCUT2D eigenvalue weighted by Gasteiger charge is -2.11. The first-order valence-corrected chi connectivity index (χ1v) is 10.8. The molecule has 0 fully saturated rings. The molecule has 0 atom stereocenters. The Bertz CT molecular complexity index is 1350. The second kappa shape index (κ2) is 8.45. The molecule has 7 nitrogen and oxygen atoms in total. The largest absolute Gasteiger partial charge is 0.487 e. The summed E-state index contributed by atoms with van der Waals surface area (Å²) in [6.07, 6.45) is 0. The number of hydrogen-bond acceptors (Lipinski definition) is 5. The van der Waals surface area contributed by atoms with E-state index >= 15 is 0 Å². The van der Waals surface area contributed by atoms with Crippen LogP contribution in [0.5, 0.6) is 5.75 Å². The summed E-state index contributed by atoms with van der Waals surface area (Å²) < 4.78 is 33.4. The molecular formula is C23H18N2O5S. The van der Waals surface area contributed by atoms with Gasteiger partial charge in [0.1, 0.15) is 12.4 Å². The van der Waals surface area contributed by atoms with Gasteiger partial charge in [-0.1, -0.05) is 30.3 Å². The normalized spacial score (nSPS) is 11.2. The number of aromatic carboxylic acids is 1. The van der Waals surface area contributed by atoms with Crippen LogP contribution in [0.2, 0.25) is 0 Å². The number of fused-ring (bicyclic) bond motifs is 1. The lowest BCUT2D eigenvalue weighted by Crippen LogP contribution is -2.13. The Labute approximate surface area is 179 Å². The Morgan fingerprint density at radius 1 is 0.935 bits per heavy atom. The Hall–Kier alpha value is -3.91. The van der Waals surface area contributed by atoms with Crippen LogP contribution in [-0.4, -0.2) is 24.5 Å². The maximum absolute atomic E-state index is 12.6. The highest BCUT2D eigenvalue weighted by atomic mass is 32.2. The summed E-state index contributed by atoms with van der Waals surface area (Å²) in [5.74, 6) is -0.640. The van der Waals surface area contributed by atoms with E-state index in [9.17, 15) is 13.2 Å². The van der Waals surface area contributed by atoms with Crippen molar-refractivity contribution in [3.8, 4) is 5.75 Å². The predicted octanol–water partition coefficient (Wildman–Crippen LogP) is 4.31. The van der Waals surface area contributed by atoms with Gasteiger partial charge < -0.3 is 9.84 Å². The van der Waals surface area contributed by atoms with Crippen molar-refractivity contribution in [3.63, 3.8) is 0 Å². The number of carboxylic acid groups (broad SMARTS) is 1. The number of nitrogens with one attached hydrogen (secondary N) is 1. The minimum Gasteiger partial charge on any atom is -0.487 e. The Morgan fingerprint density at radius 2 is 1.71 bits per heavy atom. The van der Waals surface area contributed by atoms with Crippen LogP contribution in [0.1, 0.15) is 16.1 Å². The first kappa shape index (κ1) is 20.4. The number of benzene rings is 3. The molecule has 0 bridgehead atoms. The number of pyridine rings is 1. The van der Waals surface area contributed by atoms with Crippen molar-refractivity contribution in [3.05, 3.63) is 96.2 Å². The lowest BCUT2D eigenvalue weighted by atomic mass is 10.2. The summed E-state index contributed by atoms with van der Waals surface area (Å²) in [5, 5.41) is 9.99. The van der Waals surface area contributed by atoms with Gasteiger partial charge in [-0.3, -0.25) is 4.72 Å². The van der Waals surface area contributed by atoms with Crippen molar-refractivity contribution in [2.24, 2.45) is 0 Å². The van der Waals surface area contributed by atoms with Gasteiger partial charge in [0.25, 0.3) is 10.0 Å². The molecule has 0 saturated carbocycles. The first-order valence-electron chi connectivity index (χ1n) is 9.34. The van der Waals surface area contributed by atoms with Crippen molar-refractivity contribution in [2.75, 3.05) is 4.72 Å². The fraction of sp³-hybridized carbons (Fsp3) is 0.0435. The van der Waals surface area contributed by atoms with E-state index in [1.54, 1.807) is 24.3 Å². The molecule has 1 aromatic heterocycles. The maximum Gasteiger partial charge on any atom is 0.335 e. The van der Waals surface area contributed by atoms with Crippen LogP contribution in [0.3, 0.4) is 0 Å². The van der Waals surface area contributed by atoms with Crippen LogP contribution in [0.25, 0.3) is 10.9 Å². The van der Waals surface area contributed by atoms with E-state index in [2.05, 4.69) is 9.71 Å². The number of para-hydroxylation sites is 1. The van der Waals surface area contributed by atoms with Crippen molar-refractivity contribution in [1.29, 1.82) is 0 Å². The summed E-state index contributed by atoms with van der Waals surface area (Å²) >= 11 is 0.